The van der Waals surface area contributed by atoms with Crippen molar-refractivity contribution in [3.05, 3.63) is 94.9 Å². The van der Waals surface area contributed by atoms with E-state index in [-0.39, 0.29) is 17.2 Å². The summed E-state index contributed by atoms with van der Waals surface area (Å²) >= 11 is 0. The van der Waals surface area contributed by atoms with Gasteiger partial charge in [0.15, 0.2) is 6.61 Å². The van der Waals surface area contributed by atoms with E-state index >= 15 is 0 Å². The minimum atomic E-state index is -0.787. The Kier molecular flexibility index (Phi) is 6.73. The molecule has 0 aliphatic heterocycles. The van der Waals surface area contributed by atoms with Gasteiger partial charge in [-0.15, -0.1) is 0 Å². The smallest absolute Gasteiger partial charge is 0.356 e. The Morgan fingerprint density at radius 3 is 2.00 bits per heavy atom. The summed E-state index contributed by atoms with van der Waals surface area (Å²) in [6.45, 7) is 0.861. The number of benzene rings is 3. The van der Waals surface area contributed by atoms with Gasteiger partial charge in [0.2, 0.25) is 5.91 Å². The van der Waals surface area contributed by atoms with Crippen LogP contribution in [-0.2, 0) is 21.4 Å². The van der Waals surface area contributed by atoms with Crippen LogP contribution in [0.1, 0.15) is 17.4 Å². The summed E-state index contributed by atoms with van der Waals surface area (Å²) in [6, 6.07) is 22.8. The predicted molar refractivity (Wildman–Crippen MR) is 134 cm³/mol. The molecule has 35 heavy (non-hydrogen) atoms. The minimum absolute atomic E-state index is 0.0624. The van der Waals surface area contributed by atoms with Crippen LogP contribution in [0.3, 0.4) is 0 Å². The standard InChI is InChI=1S/C27H23N3O5/c1-17(31)28-19-12-14-20(15-13-19)29-23(32)16-35-27(34)25-24(18-8-4-3-5-9-18)21-10-6-7-11-22(21)26(33)30(25)2/h3-15H,16H2,1-2H3,(H,28,31)(H,29,32). The van der Waals surface area contributed by atoms with Crippen molar-refractivity contribution in [3.63, 3.8) is 0 Å². The summed E-state index contributed by atoms with van der Waals surface area (Å²) in [4.78, 5) is 49.6. The van der Waals surface area contributed by atoms with Crippen LogP contribution < -0.4 is 16.2 Å². The molecule has 0 bridgehead atoms. The van der Waals surface area contributed by atoms with Crippen LogP contribution in [0.15, 0.2) is 83.7 Å². The lowest BCUT2D eigenvalue weighted by atomic mass is 9.97. The minimum Gasteiger partial charge on any atom is -0.451 e. The number of amides is 2. The Bertz CT molecular complexity index is 1470. The number of hydrogen-bond donors (Lipinski definition) is 2. The van der Waals surface area contributed by atoms with E-state index in [1.807, 2.05) is 30.3 Å². The molecule has 0 saturated carbocycles. The van der Waals surface area contributed by atoms with Gasteiger partial charge in [-0.25, -0.2) is 4.79 Å². The molecule has 1 aromatic heterocycles. The monoisotopic (exact) mass is 469 g/mol. The first-order valence-electron chi connectivity index (χ1n) is 10.9. The predicted octanol–water partition coefficient (Wildman–Crippen LogP) is 3.96. The molecule has 4 aromatic rings. The molecule has 0 radical (unpaired) electrons. The van der Waals surface area contributed by atoms with Crippen LogP contribution in [0.2, 0.25) is 0 Å². The van der Waals surface area contributed by atoms with Crippen molar-refractivity contribution in [1.82, 2.24) is 4.57 Å². The van der Waals surface area contributed by atoms with E-state index in [0.29, 0.717) is 27.7 Å². The highest BCUT2D eigenvalue weighted by Gasteiger charge is 2.23. The van der Waals surface area contributed by atoms with Gasteiger partial charge in [-0.05, 0) is 41.3 Å². The Hall–Kier alpha value is -4.72. The number of ether oxygens (including phenoxy) is 1. The highest BCUT2D eigenvalue weighted by molar-refractivity contribution is 6.07. The van der Waals surface area contributed by atoms with E-state index in [0.717, 1.165) is 5.56 Å². The number of rotatable bonds is 6. The maximum Gasteiger partial charge on any atom is 0.356 e. The molecule has 0 atom stereocenters. The van der Waals surface area contributed by atoms with Crippen molar-refractivity contribution < 1.29 is 19.1 Å². The van der Waals surface area contributed by atoms with Crippen LogP contribution >= 0.6 is 0 Å². The molecule has 0 spiro atoms. The average molecular weight is 469 g/mol. The fraction of sp³-hybridized carbons (Fsp3) is 0.111. The van der Waals surface area contributed by atoms with E-state index in [2.05, 4.69) is 10.6 Å². The van der Waals surface area contributed by atoms with Gasteiger partial charge < -0.3 is 19.9 Å². The number of hydrogen-bond acceptors (Lipinski definition) is 5. The molecule has 0 saturated heterocycles. The number of nitrogens with zero attached hydrogens (tertiary/aromatic N) is 1. The molecule has 2 amide bonds. The van der Waals surface area contributed by atoms with Gasteiger partial charge in [0, 0.05) is 36.3 Å². The molecule has 0 aliphatic carbocycles. The fourth-order valence-electron chi connectivity index (χ4n) is 3.84. The third-order valence-corrected chi connectivity index (χ3v) is 5.38. The number of esters is 1. The van der Waals surface area contributed by atoms with Crippen LogP contribution in [0.4, 0.5) is 11.4 Å². The van der Waals surface area contributed by atoms with Crippen LogP contribution in [0.5, 0.6) is 0 Å². The second kappa shape index (κ2) is 10.0. The molecule has 176 valence electrons. The molecule has 0 aliphatic rings. The second-order valence-corrected chi connectivity index (χ2v) is 7.88. The molecule has 4 rings (SSSR count). The van der Waals surface area contributed by atoms with Gasteiger partial charge in [0.25, 0.3) is 11.5 Å². The number of pyridine rings is 1. The number of fused-ring (bicyclic) bond motifs is 1. The summed E-state index contributed by atoms with van der Waals surface area (Å²) in [6.07, 6.45) is 0. The molecule has 3 aromatic carbocycles. The Balaban J connectivity index is 1.58. The lowest BCUT2D eigenvalue weighted by Gasteiger charge is -2.16. The lowest BCUT2D eigenvalue weighted by Crippen LogP contribution is -2.28. The first-order chi connectivity index (χ1) is 16.8. The van der Waals surface area contributed by atoms with E-state index in [1.165, 1.54) is 18.5 Å². The molecular formula is C27H23N3O5. The number of carbonyl (C=O) groups excluding carboxylic acids is 3. The number of nitrogens with one attached hydrogen (secondary N) is 2. The van der Waals surface area contributed by atoms with Crippen LogP contribution in [0.25, 0.3) is 21.9 Å². The summed E-state index contributed by atoms with van der Waals surface area (Å²) in [7, 11) is 1.51. The largest absolute Gasteiger partial charge is 0.451 e. The number of anilines is 2. The van der Waals surface area contributed by atoms with Crippen molar-refractivity contribution in [3.8, 4) is 11.1 Å². The third-order valence-electron chi connectivity index (χ3n) is 5.38. The van der Waals surface area contributed by atoms with Crippen molar-refractivity contribution in [2.75, 3.05) is 17.2 Å². The second-order valence-electron chi connectivity index (χ2n) is 7.88. The molecular weight excluding hydrogens is 446 g/mol. The SMILES string of the molecule is CC(=O)Nc1ccc(NC(=O)COC(=O)c2c(-c3ccccc3)c3ccccc3c(=O)n2C)cc1. The first-order valence-corrected chi connectivity index (χ1v) is 10.9. The Morgan fingerprint density at radius 1 is 0.800 bits per heavy atom. The fourth-order valence-corrected chi connectivity index (χ4v) is 3.84. The van der Waals surface area contributed by atoms with Crippen molar-refractivity contribution in [1.29, 1.82) is 0 Å². The van der Waals surface area contributed by atoms with Gasteiger partial charge in [-0.3, -0.25) is 14.4 Å². The molecule has 8 nitrogen and oxygen atoms in total. The molecule has 8 heteroatoms. The zero-order chi connectivity index (χ0) is 24.9. The molecule has 0 fully saturated rings. The van der Waals surface area contributed by atoms with Crippen molar-refractivity contribution in [2.24, 2.45) is 7.05 Å². The zero-order valence-electron chi connectivity index (χ0n) is 19.2. The molecule has 1 heterocycles. The van der Waals surface area contributed by atoms with Gasteiger partial charge in [0.1, 0.15) is 5.69 Å². The maximum absolute atomic E-state index is 13.2. The highest BCUT2D eigenvalue weighted by atomic mass is 16.5. The third kappa shape index (κ3) is 5.11. The maximum atomic E-state index is 13.2. The van der Waals surface area contributed by atoms with E-state index in [9.17, 15) is 19.2 Å². The van der Waals surface area contributed by atoms with Gasteiger partial charge >= 0.3 is 5.97 Å². The summed E-state index contributed by atoms with van der Waals surface area (Å²) in [5.74, 6) is -1.53. The normalized spacial score (nSPS) is 10.6. The molecule has 2 N–H and O–H groups in total. The lowest BCUT2D eigenvalue weighted by molar-refractivity contribution is -0.119. The number of carbonyl (C=O) groups is 3. The topological polar surface area (TPSA) is 106 Å². The summed E-state index contributed by atoms with van der Waals surface area (Å²) in [5.41, 5.74) is 2.09. The van der Waals surface area contributed by atoms with Gasteiger partial charge in [-0.1, -0.05) is 48.5 Å². The van der Waals surface area contributed by atoms with Gasteiger partial charge in [0.05, 0.1) is 0 Å². The Labute approximate surface area is 201 Å². The number of aromatic nitrogens is 1. The van der Waals surface area contributed by atoms with Crippen molar-refractivity contribution in [2.45, 2.75) is 6.92 Å². The van der Waals surface area contributed by atoms with Crippen LogP contribution in [-0.4, -0.2) is 29.0 Å². The molecule has 0 unspecified atom stereocenters. The van der Waals surface area contributed by atoms with Crippen molar-refractivity contribution >= 4 is 39.9 Å². The zero-order valence-corrected chi connectivity index (χ0v) is 19.2. The average Bonchev–Trinajstić information content (AvgIpc) is 2.86. The Morgan fingerprint density at radius 2 is 1.37 bits per heavy atom. The van der Waals surface area contributed by atoms with Crippen LogP contribution in [0, 0.1) is 0 Å². The highest BCUT2D eigenvalue weighted by Crippen LogP contribution is 2.30. The van der Waals surface area contributed by atoms with E-state index in [1.54, 1.807) is 48.5 Å². The van der Waals surface area contributed by atoms with E-state index < -0.39 is 18.5 Å². The quantitative estimate of drug-likeness (QED) is 0.416. The summed E-state index contributed by atoms with van der Waals surface area (Å²) < 4.78 is 6.57. The first kappa shape index (κ1) is 23.4. The van der Waals surface area contributed by atoms with Gasteiger partial charge in [-0.2, -0.15) is 0 Å². The summed E-state index contributed by atoms with van der Waals surface area (Å²) in [5, 5.41) is 6.37. The van der Waals surface area contributed by atoms with E-state index in [4.69, 9.17) is 4.74 Å².